The van der Waals surface area contributed by atoms with Crippen molar-refractivity contribution in [1.82, 2.24) is 0 Å². The van der Waals surface area contributed by atoms with Crippen molar-refractivity contribution < 1.29 is 38.2 Å². The van der Waals surface area contributed by atoms with Gasteiger partial charge in [0, 0.05) is 12.3 Å². The number of hydrogen-bond donors (Lipinski definition) is 1. The van der Waals surface area contributed by atoms with Crippen molar-refractivity contribution in [2.75, 3.05) is 48.7 Å². The molecule has 6 atom stereocenters. The minimum atomic E-state index is -2.05. The zero-order valence-corrected chi connectivity index (χ0v) is 49.0. The first-order valence-electron chi connectivity index (χ1n) is 25.8. The maximum absolute atomic E-state index is 12.7. The predicted octanol–water partition coefficient (Wildman–Crippen LogP) is 13.7. The van der Waals surface area contributed by atoms with Gasteiger partial charge in [0.25, 0.3) is 0 Å². The number of rotatable bonds is 26. The highest BCUT2D eigenvalue weighted by molar-refractivity contribution is 8.01. The fraction of sp³-hybridized carbons (Fsp3) is 0.500. The van der Waals surface area contributed by atoms with Crippen LogP contribution in [0.3, 0.4) is 0 Å². The van der Waals surface area contributed by atoms with E-state index in [9.17, 15) is 24.3 Å². The topological polar surface area (TPSA) is 116 Å². The molecule has 6 rings (SSSR count). The second-order valence-corrected chi connectivity index (χ2v) is 30.6. The van der Waals surface area contributed by atoms with Crippen LogP contribution in [0.15, 0.2) is 121 Å². The minimum Gasteiger partial charge on any atom is -0.468 e. The van der Waals surface area contributed by atoms with E-state index in [0.29, 0.717) is 30.1 Å². The number of thioether (sulfide) groups is 4. The largest absolute Gasteiger partial charge is 0.468 e. The molecule has 4 aromatic carbocycles. The van der Waals surface area contributed by atoms with Crippen LogP contribution in [0.2, 0.25) is 18.1 Å². The summed E-state index contributed by atoms with van der Waals surface area (Å²) in [5.41, 5.74) is 1.19. The summed E-state index contributed by atoms with van der Waals surface area (Å²) >= 11 is 6.58. The van der Waals surface area contributed by atoms with Gasteiger partial charge in [0.05, 0.1) is 47.4 Å². The summed E-state index contributed by atoms with van der Waals surface area (Å²) < 4.78 is 16.4. The van der Waals surface area contributed by atoms with Gasteiger partial charge in [-0.15, -0.1) is 23.5 Å². The van der Waals surface area contributed by atoms with E-state index in [-0.39, 0.29) is 45.1 Å². The molecule has 1 fully saturated rings. The number of ether oxygens (including phenoxy) is 2. The van der Waals surface area contributed by atoms with Crippen LogP contribution in [0.1, 0.15) is 84.3 Å². The normalized spacial score (nSPS) is 19.9. The molecule has 0 spiro atoms. The van der Waals surface area contributed by atoms with E-state index in [4.69, 9.17) is 9.16 Å². The SMILES string of the molecule is COC(=O)CSCCCS[C@H]1C(=O)C=C[C@@H]1/C=C/C(C)(CCc1ccc2ccccc2c1)O[Si](C)(C)C(C)(C)C.COC(=O)CSCCCS[C@H]1C(=O)CC[C@@H]1/C=C/C(C)(O)CCc1ccc2ccccc2c1. The highest BCUT2D eigenvalue weighted by Crippen LogP contribution is 2.41. The van der Waals surface area contributed by atoms with Crippen molar-refractivity contribution in [3.8, 4) is 0 Å². The molecule has 0 aliphatic heterocycles. The van der Waals surface area contributed by atoms with E-state index < -0.39 is 19.5 Å². The van der Waals surface area contributed by atoms with Gasteiger partial charge in [0.2, 0.25) is 0 Å². The molecule has 0 saturated heterocycles. The smallest absolute Gasteiger partial charge is 0.315 e. The van der Waals surface area contributed by atoms with Crippen LogP contribution in [0.25, 0.3) is 21.5 Å². The molecule has 8 nitrogen and oxygen atoms in total. The Morgan fingerprint density at radius 2 is 1.21 bits per heavy atom. The second-order valence-electron chi connectivity index (χ2n) is 21.2. The summed E-state index contributed by atoms with van der Waals surface area (Å²) in [7, 11) is 0.764. The third-order valence-corrected chi connectivity index (χ3v) is 23.6. The summed E-state index contributed by atoms with van der Waals surface area (Å²) in [6.45, 7) is 15.5. The average Bonchev–Trinajstić information content (AvgIpc) is 3.91. The number of fused-ring (bicyclic) bond motifs is 2. The molecule has 2 aliphatic carbocycles. The Morgan fingerprint density at radius 1 is 0.685 bits per heavy atom. The number of allylic oxidation sites excluding steroid dienone is 4. The number of benzene rings is 4. The maximum atomic E-state index is 12.7. The number of carbonyl (C=O) groups excluding carboxylic acids is 4. The molecule has 73 heavy (non-hydrogen) atoms. The number of ketones is 2. The number of carbonyl (C=O) groups is 4. The van der Waals surface area contributed by atoms with Gasteiger partial charge < -0.3 is 19.0 Å². The van der Waals surface area contributed by atoms with Gasteiger partial charge in [-0.1, -0.05) is 136 Å². The summed E-state index contributed by atoms with van der Waals surface area (Å²) in [4.78, 5) is 47.5. The maximum Gasteiger partial charge on any atom is 0.315 e. The number of aryl methyl sites for hydroxylation is 2. The molecule has 1 saturated carbocycles. The monoisotopic (exact) mass is 1080 g/mol. The first-order valence-corrected chi connectivity index (χ1v) is 33.1. The van der Waals surface area contributed by atoms with Crippen molar-refractivity contribution in [3.63, 3.8) is 0 Å². The van der Waals surface area contributed by atoms with Gasteiger partial charge in [0.1, 0.15) is 5.78 Å². The molecule has 396 valence electrons. The number of methoxy groups -OCH3 is 2. The van der Waals surface area contributed by atoms with Crippen molar-refractivity contribution in [2.24, 2.45) is 11.8 Å². The molecule has 2 unspecified atom stereocenters. The summed E-state index contributed by atoms with van der Waals surface area (Å²) in [6, 6.07) is 30.0. The molecule has 13 heteroatoms. The van der Waals surface area contributed by atoms with Crippen LogP contribution >= 0.6 is 47.0 Å². The summed E-state index contributed by atoms with van der Waals surface area (Å²) in [5.74, 6) is 4.64. The molecule has 0 heterocycles. The fourth-order valence-corrected chi connectivity index (χ4v) is 14.7. The highest BCUT2D eigenvalue weighted by Gasteiger charge is 2.42. The van der Waals surface area contributed by atoms with Crippen molar-refractivity contribution in [2.45, 2.75) is 126 Å². The van der Waals surface area contributed by atoms with E-state index in [1.807, 2.05) is 31.2 Å². The Bertz CT molecular complexity index is 2530. The molecule has 0 amide bonds. The molecular formula is C60H80O8S4Si. The molecular weight excluding hydrogens is 1010 g/mol. The van der Waals surface area contributed by atoms with Gasteiger partial charge in [-0.25, -0.2) is 0 Å². The zero-order chi connectivity index (χ0) is 53.1. The van der Waals surface area contributed by atoms with E-state index in [1.54, 1.807) is 53.1 Å². The van der Waals surface area contributed by atoms with Crippen molar-refractivity contribution >= 4 is 100 Å². The lowest BCUT2D eigenvalue weighted by Crippen LogP contribution is -2.48. The lowest BCUT2D eigenvalue weighted by Gasteiger charge is -2.43. The van der Waals surface area contributed by atoms with E-state index >= 15 is 0 Å². The zero-order valence-electron chi connectivity index (χ0n) is 44.7. The van der Waals surface area contributed by atoms with Crippen molar-refractivity contribution in [1.29, 1.82) is 0 Å². The van der Waals surface area contributed by atoms with Gasteiger partial charge in [-0.05, 0) is 145 Å². The number of Topliss-reactive ketones (excluding diaryl/α,β-unsaturated/α-hetero) is 1. The Labute approximate surface area is 454 Å². The summed E-state index contributed by atoms with van der Waals surface area (Å²) in [6.07, 6.45) is 18.8. The van der Waals surface area contributed by atoms with E-state index in [2.05, 4.69) is 137 Å². The standard InChI is InChI=1S/C33H46O4S2Si.C27H34O4S2/c1-32(2,3)40(6,7)37-33(4,19-17-25-13-14-26-11-8-9-12-28(26)23-25)20-18-27-15-16-29(34)31(27)39-22-10-21-38-24-30(35)36-5;1-27(30,14-12-20-8-9-21-6-3-4-7-23(21)18-20)15-13-22-10-11-24(28)26(22)33-17-5-16-32-19-25(29)31-2/h8-9,11-16,18,20,23,27,31H,10,17,19,21-22,24H2,1-7H3;3-4,6-9,13,15,18,22,26,30H,5,10-12,14,16-17,19H2,1-2H3/b20-18+;15-13+/t27-,31-,33?;22-,26-,27?/m11/s1. The van der Waals surface area contributed by atoms with Crippen LogP contribution in [0.5, 0.6) is 0 Å². The van der Waals surface area contributed by atoms with E-state index in [0.717, 1.165) is 61.5 Å². The summed E-state index contributed by atoms with van der Waals surface area (Å²) in [5, 5.41) is 15.9. The van der Waals surface area contributed by atoms with Gasteiger partial charge in [-0.2, -0.15) is 23.5 Å². The van der Waals surface area contributed by atoms with Crippen LogP contribution in [-0.4, -0.2) is 107 Å². The first kappa shape index (κ1) is 60.3. The number of aliphatic hydroxyl groups is 1. The van der Waals surface area contributed by atoms with Gasteiger partial charge in [-0.3, -0.25) is 19.2 Å². The second kappa shape index (κ2) is 29.1. The third-order valence-electron chi connectivity index (χ3n) is 14.0. The van der Waals surface area contributed by atoms with Crippen LogP contribution in [0, 0.1) is 11.8 Å². The molecule has 0 aromatic heterocycles. The lowest BCUT2D eigenvalue weighted by molar-refractivity contribution is -0.138. The minimum absolute atomic E-state index is 0.0249. The number of esters is 2. The molecule has 4 aromatic rings. The predicted molar refractivity (Wildman–Crippen MR) is 316 cm³/mol. The third kappa shape index (κ3) is 19.8. The fourth-order valence-electron chi connectivity index (χ4n) is 8.59. The van der Waals surface area contributed by atoms with Gasteiger partial charge >= 0.3 is 11.9 Å². The Morgan fingerprint density at radius 3 is 1.74 bits per heavy atom. The first-order chi connectivity index (χ1) is 34.7. The van der Waals surface area contributed by atoms with Crippen LogP contribution in [-0.2, 0) is 45.9 Å². The quantitative estimate of drug-likeness (QED) is 0.0279. The average molecular weight is 1090 g/mol. The number of hydrogen-bond acceptors (Lipinski definition) is 12. The van der Waals surface area contributed by atoms with Crippen LogP contribution < -0.4 is 0 Å². The van der Waals surface area contributed by atoms with E-state index in [1.165, 1.54) is 46.9 Å². The van der Waals surface area contributed by atoms with Crippen molar-refractivity contribution in [3.05, 3.63) is 133 Å². The molecule has 1 N–H and O–H groups in total. The molecule has 0 bridgehead atoms. The lowest BCUT2D eigenvalue weighted by atomic mass is 9.93. The Hall–Kier alpha value is -3.56. The van der Waals surface area contributed by atoms with Crippen LogP contribution in [0.4, 0.5) is 0 Å². The highest BCUT2D eigenvalue weighted by atomic mass is 32.2. The van der Waals surface area contributed by atoms with Gasteiger partial charge in [0.15, 0.2) is 14.1 Å². The molecule has 0 radical (unpaired) electrons. The Balaban J connectivity index is 0.000000276. The Kier molecular flexibility index (Phi) is 24.0. The molecule has 2 aliphatic rings.